The third-order valence-corrected chi connectivity index (χ3v) is 38.3. The van der Waals surface area contributed by atoms with Gasteiger partial charge in [-0.3, -0.25) is 0 Å². The molecule has 0 heterocycles. The zero-order valence-corrected chi connectivity index (χ0v) is 86.0. The first kappa shape index (κ1) is 117. The Labute approximate surface area is 714 Å². The van der Waals surface area contributed by atoms with Crippen molar-refractivity contribution in [1.82, 2.24) is 37.2 Å². The smallest absolute Gasteiger partial charge is 0.00720 e. The Morgan fingerprint density at radius 1 is 0.214 bits per heavy atom. The van der Waals surface area contributed by atoms with Gasteiger partial charge in [0, 0.05) is 352 Å². The molecule has 7 aliphatic rings. The molecule has 0 radical (unpaired) electrons. The molecule has 7 saturated carbocycles. The molecule has 0 aromatic rings. The maximum atomic E-state index is 4.57. The molecule has 14 atom stereocenters. The van der Waals surface area contributed by atoms with Crippen LogP contribution in [0.1, 0.15) is 280 Å². The Bertz CT molecular complexity index is 2220. The Balaban J connectivity index is -0.000000186. The second-order valence-corrected chi connectivity index (χ2v) is 55.1. The van der Waals surface area contributed by atoms with Gasteiger partial charge >= 0.3 is 0 Å². The van der Waals surface area contributed by atoms with Crippen LogP contribution in [0.4, 0.5) is 0 Å². The molecular weight excluding hydrogens is 1750 g/mol. The largest absolute Gasteiger partial charge is 0.312 e. The highest BCUT2D eigenvalue weighted by atomic mass is 33.4. The van der Waals surface area contributed by atoms with Gasteiger partial charge in [0.05, 0.1) is 0 Å². The molecule has 0 aliphatic heterocycles. The van der Waals surface area contributed by atoms with Crippen molar-refractivity contribution in [2.75, 3.05) is 0 Å². The molecule has 4 unspecified atom stereocenters. The average molecular weight is 1890 g/mol. The molecule has 0 bridgehead atoms. The Morgan fingerprint density at radius 3 is 0.408 bits per heavy atom. The lowest BCUT2D eigenvalue weighted by Crippen LogP contribution is -2.32. The summed E-state index contributed by atoms with van der Waals surface area (Å²) in [4.78, 5) is 0. The minimum atomic E-state index is 0. The Hall–Kier alpha value is 6.01. The van der Waals surface area contributed by atoms with Gasteiger partial charge in [0.2, 0.25) is 0 Å². The monoisotopic (exact) mass is 1890 g/mol. The predicted molar refractivity (Wildman–Crippen MR) is 525 cm³/mol. The summed E-state index contributed by atoms with van der Waals surface area (Å²) >= 11 is 51.3. The Kier molecular flexibility index (Phi) is 102. The summed E-state index contributed by atoms with van der Waals surface area (Å²) in [6.45, 7) is 47.6. The molecule has 7 aliphatic carbocycles. The molecule has 0 spiro atoms. The summed E-state index contributed by atoms with van der Waals surface area (Å²) in [5, 5.41) is 25.0. The standard InChI is InChI=1S/7C9H19N.S7.S6.S5.S4.S3.S2.H2S/c7*1-7(2)10-9-5-4-8(3)6-9;1-3-5-7-6-4-2;1-3-5-6-4-2;1-3-5-4-2;1-3-4-2;1-3-2;1-2;/h7*7-10H,4-6H2,1-3H3;;;;;;;1H2/t2*8?,9-;2*8-,9+;2*8-,9-;;;;;;;;/m101010......../s1. The maximum absolute atomic E-state index is 4.57. The van der Waals surface area contributed by atoms with Gasteiger partial charge in [0.15, 0.2) is 0 Å². The van der Waals surface area contributed by atoms with E-state index in [0.717, 1.165) is 92.6 Å². The molecule has 0 saturated heterocycles. The summed E-state index contributed by atoms with van der Waals surface area (Å²) < 4.78 is 0. The summed E-state index contributed by atoms with van der Waals surface area (Å²) in [5.41, 5.74) is 0. The van der Waals surface area contributed by atoms with E-state index >= 15 is 0 Å². The first-order chi connectivity index (χ1) is 45.8. The molecule has 0 aromatic carbocycles. The van der Waals surface area contributed by atoms with Crippen molar-refractivity contribution in [3.63, 3.8) is 0 Å². The van der Waals surface area contributed by atoms with Crippen molar-refractivity contribution in [2.24, 2.45) is 41.4 Å². The van der Waals surface area contributed by atoms with E-state index in [-0.39, 0.29) is 13.5 Å². The molecule has 0 aromatic heterocycles. The fourth-order valence-corrected chi connectivity index (χ4v) is 29.3. The quantitative estimate of drug-likeness (QED) is 0.0900. The summed E-state index contributed by atoms with van der Waals surface area (Å²) in [7, 11) is 20.2. The van der Waals surface area contributed by atoms with Crippen molar-refractivity contribution in [3.05, 3.63) is 0 Å². The van der Waals surface area contributed by atoms with E-state index < -0.39 is 0 Å². The number of hydrogen-bond acceptors (Lipinski definition) is 19. The van der Waals surface area contributed by atoms with Crippen molar-refractivity contribution >= 4 is 281 Å². The van der Waals surface area contributed by atoms with Crippen molar-refractivity contribution < 1.29 is 0 Å². The highest BCUT2D eigenvalue weighted by molar-refractivity contribution is 8.68. The molecule has 0 amide bonds. The van der Waals surface area contributed by atoms with E-state index in [2.05, 4.69) is 317 Å². The van der Waals surface area contributed by atoms with Crippen LogP contribution >= 0.6 is 13.5 Å². The van der Waals surface area contributed by atoms with Gasteiger partial charge in [0.1, 0.15) is 0 Å². The van der Waals surface area contributed by atoms with Crippen LogP contribution in [0, 0.1) is 41.4 Å². The SMILES string of the molecule is CC(C)N[C@@H]1CC[C@@H](C)C1.CC(C)N[C@@H]1CC[C@H](C)C1.CC(C)N[C@H]1CC[C@@H](C)C1.CC(C)N[C@H]1CC[C@H](C)C1.CC1CCC(NC(C)C)C1.CC1CC[C@@H](NC(C)C)C1.CC1CC[C@H](NC(C)C)C1.S.S=S.S=S=S.S=S=S=S.S=S=S=S=S.S=S=S=S=S=S.S=S=S=S=S=S=S. The lowest BCUT2D eigenvalue weighted by Gasteiger charge is -2.14. The molecule has 7 fully saturated rings. The second-order valence-electron chi connectivity index (χ2n) is 28.6. The molecule has 7 nitrogen and oxygen atoms in total. The Morgan fingerprint density at radius 2 is 0.337 bits per heavy atom. The van der Waals surface area contributed by atoms with Crippen molar-refractivity contribution in [2.45, 2.75) is 365 Å². The predicted octanol–water partition coefficient (Wildman–Crippen LogP) is 15.3. The zero-order chi connectivity index (χ0) is 75.5. The molecule has 590 valence electrons. The number of rotatable bonds is 14. The van der Waals surface area contributed by atoms with Gasteiger partial charge in [-0.25, -0.2) is 0 Å². The van der Waals surface area contributed by atoms with Crippen molar-refractivity contribution in [3.8, 4) is 0 Å². The topological polar surface area (TPSA) is 84.2 Å². The van der Waals surface area contributed by atoms with E-state index in [9.17, 15) is 0 Å². The fourth-order valence-electron chi connectivity index (χ4n) is 12.9. The van der Waals surface area contributed by atoms with Crippen LogP contribution in [0.2, 0.25) is 0 Å². The summed E-state index contributed by atoms with van der Waals surface area (Å²) in [6, 6.07) is 10.3. The third kappa shape index (κ3) is 90.9. The van der Waals surface area contributed by atoms with Gasteiger partial charge < -0.3 is 37.2 Å². The van der Waals surface area contributed by atoms with Crippen LogP contribution in [0.5, 0.6) is 0 Å². The summed E-state index contributed by atoms with van der Waals surface area (Å²) in [6.07, 6.45) is 29.4. The lowest BCUT2D eigenvalue weighted by atomic mass is 10.1. The minimum absolute atomic E-state index is 0. The molecular formula is C63H135N7S28. The minimum Gasteiger partial charge on any atom is -0.312 e. The molecule has 98 heavy (non-hydrogen) atoms. The lowest BCUT2D eigenvalue weighted by molar-refractivity contribution is 0.458. The molecule has 35 heteroatoms. The van der Waals surface area contributed by atoms with E-state index in [1.807, 2.05) is 0 Å². The van der Waals surface area contributed by atoms with Crippen LogP contribution in [-0.4, -0.2) is 84.6 Å². The van der Waals surface area contributed by atoms with Crippen molar-refractivity contribution in [1.29, 1.82) is 0 Å². The van der Waals surface area contributed by atoms with Gasteiger partial charge in [0.25, 0.3) is 0 Å². The van der Waals surface area contributed by atoms with Gasteiger partial charge in [-0.05, 0) is 176 Å². The third-order valence-electron chi connectivity index (χ3n) is 16.1. The summed E-state index contributed by atoms with van der Waals surface area (Å²) in [5.74, 6) is 6.68. The molecule has 7 rings (SSSR count). The molecule has 7 N–H and O–H groups in total. The first-order valence-electron chi connectivity index (χ1n) is 34.6. The number of nitrogens with one attached hydrogen (secondary N) is 7. The van der Waals surface area contributed by atoms with E-state index in [1.54, 1.807) is 26.6 Å². The van der Waals surface area contributed by atoms with E-state index in [0.29, 0.717) is 42.3 Å². The highest BCUT2D eigenvalue weighted by Crippen LogP contribution is 2.29. The average Bonchev–Trinajstić information content (AvgIpc) is 1.97. The zero-order valence-electron chi connectivity index (χ0n) is 63.0. The fraction of sp³-hybridized carbons (Fsp3) is 1.00. The van der Waals surface area contributed by atoms with Gasteiger partial charge in [-0.2, -0.15) is 13.5 Å². The first-order valence-corrected chi connectivity index (χ1v) is 62.6. The van der Waals surface area contributed by atoms with Crippen LogP contribution in [0.15, 0.2) is 0 Å². The maximum Gasteiger partial charge on any atom is 0.00720 e. The van der Waals surface area contributed by atoms with Gasteiger partial charge in [-0.15, -0.1) is 0 Å². The van der Waals surface area contributed by atoms with Crippen LogP contribution in [-0.2, 0) is 267 Å². The highest BCUT2D eigenvalue weighted by Gasteiger charge is 2.25. The van der Waals surface area contributed by atoms with E-state index in [4.69, 9.17) is 0 Å². The van der Waals surface area contributed by atoms with Crippen LogP contribution < -0.4 is 37.2 Å². The van der Waals surface area contributed by atoms with Crippen LogP contribution in [0.3, 0.4) is 0 Å². The normalized spacial score (nSPS) is 25.5. The number of hydrogen-bond donors (Lipinski definition) is 7. The van der Waals surface area contributed by atoms with Gasteiger partial charge in [-0.1, -0.05) is 145 Å². The van der Waals surface area contributed by atoms with E-state index in [1.165, 1.54) is 233 Å². The van der Waals surface area contributed by atoms with Crippen LogP contribution in [0.25, 0.3) is 0 Å². The second kappa shape index (κ2) is 85.4.